The minimum atomic E-state index is -4.34. The second-order valence-corrected chi connectivity index (χ2v) is 5.38. The summed E-state index contributed by atoms with van der Waals surface area (Å²) in [6, 6.07) is 15.9. The van der Waals surface area contributed by atoms with Crippen LogP contribution in [0.3, 0.4) is 0 Å². The summed E-state index contributed by atoms with van der Waals surface area (Å²) in [5.74, 6) is 0.190. The van der Waals surface area contributed by atoms with Crippen LogP contribution in [0.4, 0.5) is 13.2 Å². The molecule has 0 fully saturated rings. The predicted molar refractivity (Wildman–Crippen MR) is 84.4 cm³/mol. The molecule has 0 radical (unpaired) electrons. The molecule has 0 saturated heterocycles. The molecule has 3 nitrogen and oxygen atoms in total. The summed E-state index contributed by atoms with van der Waals surface area (Å²) in [5, 5.41) is 12.1. The van der Waals surface area contributed by atoms with Gasteiger partial charge in [0.2, 0.25) is 0 Å². The van der Waals surface area contributed by atoms with Crippen LogP contribution in [0.2, 0.25) is 0 Å². The van der Waals surface area contributed by atoms with Crippen molar-refractivity contribution in [3.8, 4) is 11.8 Å². The number of hydrogen-bond donors (Lipinski definition) is 1. The Kier molecular flexibility index (Phi) is 5.83. The van der Waals surface area contributed by atoms with E-state index < -0.39 is 12.8 Å². The Morgan fingerprint density at radius 1 is 1.08 bits per heavy atom. The van der Waals surface area contributed by atoms with Crippen molar-refractivity contribution in [2.75, 3.05) is 6.61 Å². The molecule has 0 aromatic heterocycles. The van der Waals surface area contributed by atoms with E-state index in [2.05, 4.69) is 16.1 Å². The van der Waals surface area contributed by atoms with Crippen LogP contribution in [-0.4, -0.2) is 12.8 Å². The number of nitrogens with zero attached hydrogens (tertiary/aromatic N) is 1. The highest BCUT2D eigenvalue weighted by Gasteiger charge is 2.28. The van der Waals surface area contributed by atoms with E-state index in [1.165, 1.54) is 12.1 Å². The van der Waals surface area contributed by atoms with Crippen molar-refractivity contribution < 1.29 is 17.9 Å². The Hall–Kier alpha value is -2.52. The van der Waals surface area contributed by atoms with Crippen LogP contribution in [0.15, 0.2) is 48.5 Å². The van der Waals surface area contributed by atoms with Gasteiger partial charge < -0.3 is 10.1 Å². The summed E-state index contributed by atoms with van der Waals surface area (Å²) < 4.78 is 41.0. The lowest BCUT2D eigenvalue weighted by Gasteiger charge is -2.15. The fourth-order valence-electron chi connectivity index (χ4n) is 2.10. The normalized spacial score (nSPS) is 12.5. The smallest absolute Gasteiger partial charge is 0.422 e. The van der Waals surface area contributed by atoms with E-state index in [-0.39, 0.29) is 11.8 Å². The SMILES string of the molecule is CC(NCc1ccc(C#N)cc1)c1ccc(OCC(F)(F)F)cc1. The molecule has 1 unspecified atom stereocenters. The van der Waals surface area contributed by atoms with Gasteiger partial charge in [-0.05, 0) is 42.3 Å². The standard InChI is InChI=1S/C18H17F3N2O/c1-13(23-11-15-4-2-14(10-22)3-5-15)16-6-8-17(9-7-16)24-12-18(19,20)21/h2-9,13,23H,11-12H2,1H3. The second kappa shape index (κ2) is 7.84. The van der Waals surface area contributed by atoms with Crippen molar-refractivity contribution in [2.45, 2.75) is 25.7 Å². The third-order valence-electron chi connectivity index (χ3n) is 3.48. The van der Waals surface area contributed by atoms with E-state index in [9.17, 15) is 13.2 Å². The summed E-state index contributed by atoms with van der Waals surface area (Å²) in [6.45, 7) is 1.30. The van der Waals surface area contributed by atoms with Crippen LogP contribution < -0.4 is 10.1 Å². The van der Waals surface area contributed by atoms with Crippen molar-refractivity contribution in [1.82, 2.24) is 5.32 Å². The van der Waals surface area contributed by atoms with Crippen LogP contribution in [0.5, 0.6) is 5.75 Å². The van der Waals surface area contributed by atoms with Gasteiger partial charge in [0.05, 0.1) is 11.6 Å². The third-order valence-corrected chi connectivity index (χ3v) is 3.48. The van der Waals surface area contributed by atoms with Gasteiger partial charge in [-0.15, -0.1) is 0 Å². The summed E-state index contributed by atoms with van der Waals surface area (Å²) >= 11 is 0. The highest BCUT2D eigenvalue weighted by molar-refractivity contribution is 5.32. The van der Waals surface area contributed by atoms with Crippen LogP contribution >= 0.6 is 0 Å². The molecule has 0 saturated carbocycles. The Balaban J connectivity index is 1.87. The molecule has 6 heteroatoms. The molecule has 0 spiro atoms. The highest BCUT2D eigenvalue weighted by atomic mass is 19.4. The molecule has 2 rings (SSSR count). The van der Waals surface area contributed by atoms with Gasteiger partial charge in [0.15, 0.2) is 6.61 Å². The lowest BCUT2D eigenvalue weighted by atomic mass is 10.1. The van der Waals surface area contributed by atoms with Crippen molar-refractivity contribution in [1.29, 1.82) is 5.26 Å². The van der Waals surface area contributed by atoms with Crippen LogP contribution in [-0.2, 0) is 6.54 Å². The van der Waals surface area contributed by atoms with E-state index in [1.807, 2.05) is 19.1 Å². The lowest BCUT2D eigenvalue weighted by Crippen LogP contribution is -2.19. The summed E-state index contributed by atoms with van der Waals surface area (Å²) in [4.78, 5) is 0. The maximum Gasteiger partial charge on any atom is 0.422 e. The minimum absolute atomic E-state index is 0.0253. The molecule has 0 bridgehead atoms. The zero-order valence-electron chi connectivity index (χ0n) is 13.1. The molecule has 126 valence electrons. The molecule has 2 aromatic carbocycles. The molecule has 24 heavy (non-hydrogen) atoms. The molecule has 1 atom stereocenters. The molecule has 0 amide bonds. The number of alkyl halides is 3. The van der Waals surface area contributed by atoms with E-state index in [0.29, 0.717) is 12.1 Å². The van der Waals surface area contributed by atoms with Crippen molar-refractivity contribution >= 4 is 0 Å². The molecule has 0 aliphatic carbocycles. The quantitative estimate of drug-likeness (QED) is 0.854. The van der Waals surface area contributed by atoms with Gasteiger partial charge in [0, 0.05) is 12.6 Å². The zero-order chi connectivity index (χ0) is 17.6. The molecule has 0 aliphatic rings. The molecule has 2 aromatic rings. The number of rotatable bonds is 6. The van der Waals surface area contributed by atoms with Crippen LogP contribution in [0.1, 0.15) is 29.7 Å². The summed E-state index contributed by atoms with van der Waals surface area (Å²) in [7, 11) is 0. The van der Waals surface area contributed by atoms with E-state index in [0.717, 1.165) is 11.1 Å². The Bertz CT molecular complexity index is 688. The summed E-state index contributed by atoms with van der Waals surface area (Å²) in [6.07, 6.45) is -4.34. The fourth-order valence-corrected chi connectivity index (χ4v) is 2.10. The largest absolute Gasteiger partial charge is 0.484 e. The molecule has 1 N–H and O–H groups in total. The monoisotopic (exact) mass is 334 g/mol. The first kappa shape index (κ1) is 17.8. The first-order chi connectivity index (χ1) is 11.4. The van der Waals surface area contributed by atoms with E-state index in [1.54, 1.807) is 24.3 Å². The predicted octanol–water partition coefficient (Wildman–Crippen LogP) is 4.35. The third kappa shape index (κ3) is 5.60. The maximum absolute atomic E-state index is 12.1. The van der Waals surface area contributed by atoms with Gasteiger partial charge in [-0.3, -0.25) is 0 Å². The van der Waals surface area contributed by atoms with Crippen molar-refractivity contribution in [2.24, 2.45) is 0 Å². The Morgan fingerprint density at radius 2 is 1.71 bits per heavy atom. The first-order valence-electron chi connectivity index (χ1n) is 7.39. The second-order valence-electron chi connectivity index (χ2n) is 5.38. The van der Waals surface area contributed by atoms with Crippen LogP contribution in [0.25, 0.3) is 0 Å². The zero-order valence-corrected chi connectivity index (χ0v) is 13.1. The number of nitrogens with one attached hydrogen (secondary N) is 1. The number of halogens is 3. The fraction of sp³-hybridized carbons (Fsp3) is 0.278. The average molecular weight is 334 g/mol. The Morgan fingerprint density at radius 3 is 2.25 bits per heavy atom. The van der Waals surface area contributed by atoms with Gasteiger partial charge >= 0.3 is 6.18 Å². The van der Waals surface area contributed by atoms with Gasteiger partial charge in [-0.1, -0.05) is 24.3 Å². The topological polar surface area (TPSA) is 45.0 Å². The number of ether oxygens (including phenoxy) is 1. The number of benzene rings is 2. The van der Waals surface area contributed by atoms with Crippen molar-refractivity contribution in [3.63, 3.8) is 0 Å². The molecule has 0 aliphatic heterocycles. The molecule has 0 heterocycles. The lowest BCUT2D eigenvalue weighted by molar-refractivity contribution is -0.153. The molecular formula is C18H17F3N2O. The van der Waals surface area contributed by atoms with Gasteiger partial charge in [0.1, 0.15) is 5.75 Å². The van der Waals surface area contributed by atoms with Crippen LogP contribution in [0, 0.1) is 11.3 Å². The van der Waals surface area contributed by atoms with Gasteiger partial charge in [0.25, 0.3) is 0 Å². The minimum Gasteiger partial charge on any atom is -0.484 e. The van der Waals surface area contributed by atoms with Gasteiger partial charge in [-0.25, -0.2) is 0 Å². The van der Waals surface area contributed by atoms with Crippen molar-refractivity contribution in [3.05, 3.63) is 65.2 Å². The van der Waals surface area contributed by atoms with E-state index >= 15 is 0 Å². The highest BCUT2D eigenvalue weighted by Crippen LogP contribution is 2.21. The molecular weight excluding hydrogens is 317 g/mol. The van der Waals surface area contributed by atoms with Gasteiger partial charge in [-0.2, -0.15) is 18.4 Å². The average Bonchev–Trinajstić information content (AvgIpc) is 2.58. The number of hydrogen-bond acceptors (Lipinski definition) is 3. The maximum atomic E-state index is 12.1. The number of nitriles is 1. The summed E-state index contributed by atoms with van der Waals surface area (Å²) in [5.41, 5.74) is 2.61. The van der Waals surface area contributed by atoms with E-state index in [4.69, 9.17) is 5.26 Å². The first-order valence-corrected chi connectivity index (χ1v) is 7.39. The Labute approximate surface area is 138 Å².